The van der Waals surface area contributed by atoms with Crippen molar-refractivity contribution >= 4 is 5.97 Å². The van der Waals surface area contributed by atoms with Crippen LogP contribution in [0.3, 0.4) is 0 Å². The average Bonchev–Trinajstić information content (AvgIpc) is 2.01. The van der Waals surface area contributed by atoms with Gasteiger partial charge in [-0.15, -0.1) is 0 Å². The third-order valence-electron chi connectivity index (χ3n) is 0.917. The first kappa shape index (κ1) is 14.9. The van der Waals surface area contributed by atoms with Gasteiger partial charge in [0.05, 0.1) is 19.3 Å². The van der Waals surface area contributed by atoms with Gasteiger partial charge in [0.15, 0.2) is 0 Å². The lowest BCUT2D eigenvalue weighted by Gasteiger charge is -1.97. The second kappa shape index (κ2) is 11.4. The molecule has 0 aromatic heterocycles. The highest BCUT2D eigenvalue weighted by Crippen LogP contribution is 1.78. The molecule has 1 atom stereocenters. The average molecular weight is 192 g/mol. The second-order valence-electron chi connectivity index (χ2n) is 2.64. The van der Waals surface area contributed by atoms with Crippen LogP contribution in [0.25, 0.3) is 0 Å². The summed E-state index contributed by atoms with van der Waals surface area (Å²) in [5, 5.41) is 8.43. The van der Waals surface area contributed by atoms with E-state index in [1.807, 2.05) is 6.92 Å². The van der Waals surface area contributed by atoms with Crippen LogP contribution < -0.4 is 0 Å². The summed E-state index contributed by atoms with van der Waals surface area (Å²) in [5.74, 6) is -0.193. The van der Waals surface area contributed by atoms with Crippen molar-refractivity contribution in [3.63, 3.8) is 0 Å². The molecule has 0 bridgehead atoms. The number of hydrogen-bond acceptors (Lipinski definition) is 4. The number of aliphatic hydroxyl groups excluding tert-OH is 1. The zero-order valence-corrected chi connectivity index (χ0v) is 8.87. The Hall–Kier alpha value is -0.610. The summed E-state index contributed by atoms with van der Waals surface area (Å²) in [4.78, 5) is 9.98. The van der Waals surface area contributed by atoms with Crippen molar-refractivity contribution in [3.05, 3.63) is 0 Å². The van der Waals surface area contributed by atoms with Gasteiger partial charge in [-0.25, -0.2) is 0 Å². The van der Waals surface area contributed by atoms with Gasteiger partial charge in [-0.2, -0.15) is 0 Å². The van der Waals surface area contributed by atoms with Crippen molar-refractivity contribution < 1.29 is 19.4 Å². The molecule has 0 aromatic rings. The Morgan fingerprint density at radius 2 is 2.08 bits per heavy atom. The maximum atomic E-state index is 9.98. The molecular formula is C9H20O4. The van der Waals surface area contributed by atoms with Crippen LogP contribution in [0.5, 0.6) is 0 Å². The minimum Gasteiger partial charge on any atom is -0.466 e. The summed E-state index contributed by atoms with van der Waals surface area (Å²) in [5.41, 5.74) is 0. The topological polar surface area (TPSA) is 55.8 Å². The molecule has 0 saturated heterocycles. The number of ether oxygens (including phenoxy) is 2. The van der Waals surface area contributed by atoms with Gasteiger partial charge in [-0.05, 0) is 13.3 Å². The van der Waals surface area contributed by atoms with E-state index in [1.54, 1.807) is 14.0 Å². The molecule has 1 N–H and O–H groups in total. The summed E-state index contributed by atoms with van der Waals surface area (Å²) >= 11 is 0. The number of carbonyl (C=O) groups excluding carboxylic acids is 1. The first-order valence-electron chi connectivity index (χ1n) is 4.34. The zero-order chi connectivity index (χ0) is 10.7. The Labute approximate surface area is 79.8 Å². The molecule has 0 fully saturated rings. The monoisotopic (exact) mass is 192 g/mol. The van der Waals surface area contributed by atoms with Crippen molar-refractivity contribution in [3.8, 4) is 0 Å². The minimum absolute atomic E-state index is 0.193. The lowest BCUT2D eigenvalue weighted by atomic mass is 10.5. The third kappa shape index (κ3) is 24.6. The lowest BCUT2D eigenvalue weighted by Crippen LogP contribution is -2.07. The van der Waals surface area contributed by atoms with Gasteiger partial charge >= 0.3 is 5.97 Å². The molecule has 0 heterocycles. The highest BCUT2D eigenvalue weighted by Gasteiger charge is 1.87. The van der Waals surface area contributed by atoms with Crippen LogP contribution in [0.2, 0.25) is 0 Å². The Bertz CT molecular complexity index is 112. The number of carbonyl (C=O) groups is 1. The van der Waals surface area contributed by atoms with Gasteiger partial charge in [0.1, 0.15) is 0 Å². The van der Waals surface area contributed by atoms with Gasteiger partial charge in [0.25, 0.3) is 0 Å². The van der Waals surface area contributed by atoms with E-state index in [2.05, 4.69) is 9.47 Å². The standard InChI is InChI=1S/C5H10O2.C4H10O2/c1-3-4-7-5(2)6;1-4(5)3-6-2/h3-4H2,1-2H3;4-5H,3H2,1-2H3. The van der Waals surface area contributed by atoms with Gasteiger partial charge in [-0.1, -0.05) is 6.92 Å². The molecule has 0 aliphatic carbocycles. The first-order chi connectivity index (χ1) is 6.04. The van der Waals surface area contributed by atoms with Crippen molar-refractivity contribution in [1.82, 2.24) is 0 Å². The predicted octanol–water partition coefficient (Wildman–Crippen LogP) is 0.973. The van der Waals surface area contributed by atoms with Crippen molar-refractivity contribution in [2.75, 3.05) is 20.3 Å². The van der Waals surface area contributed by atoms with E-state index in [0.717, 1.165) is 6.42 Å². The Morgan fingerprint density at radius 3 is 2.15 bits per heavy atom. The Kier molecular flexibility index (Phi) is 13.0. The number of esters is 1. The van der Waals surface area contributed by atoms with Crippen LogP contribution >= 0.6 is 0 Å². The predicted molar refractivity (Wildman–Crippen MR) is 50.5 cm³/mol. The smallest absolute Gasteiger partial charge is 0.302 e. The molecule has 13 heavy (non-hydrogen) atoms. The number of hydrogen-bond donors (Lipinski definition) is 1. The third-order valence-corrected chi connectivity index (χ3v) is 0.917. The summed E-state index contributed by atoms with van der Waals surface area (Å²) in [6.45, 7) is 6.04. The minimum atomic E-state index is -0.324. The van der Waals surface area contributed by atoms with E-state index in [9.17, 15) is 4.79 Å². The van der Waals surface area contributed by atoms with E-state index in [-0.39, 0.29) is 12.1 Å². The largest absolute Gasteiger partial charge is 0.466 e. The zero-order valence-electron chi connectivity index (χ0n) is 8.87. The van der Waals surface area contributed by atoms with Crippen LogP contribution in [-0.2, 0) is 14.3 Å². The molecule has 0 spiro atoms. The first-order valence-corrected chi connectivity index (χ1v) is 4.34. The van der Waals surface area contributed by atoms with Crippen molar-refractivity contribution in [1.29, 1.82) is 0 Å². The van der Waals surface area contributed by atoms with Crippen LogP contribution in [0, 0.1) is 0 Å². The van der Waals surface area contributed by atoms with E-state index >= 15 is 0 Å². The molecule has 1 unspecified atom stereocenters. The SMILES string of the molecule is CCCOC(C)=O.COCC(C)O. The second-order valence-corrected chi connectivity index (χ2v) is 2.64. The molecule has 0 aliphatic heterocycles. The van der Waals surface area contributed by atoms with Crippen LogP contribution in [0.1, 0.15) is 27.2 Å². The van der Waals surface area contributed by atoms with Crippen molar-refractivity contribution in [2.24, 2.45) is 0 Å². The summed E-state index contributed by atoms with van der Waals surface area (Å²) in [6.07, 6.45) is 0.578. The molecule has 0 saturated carbocycles. The number of methoxy groups -OCH3 is 1. The Balaban J connectivity index is 0. The maximum Gasteiger partial charge on any atom is 0.302 e. The summed E-state index contributed by atoms with van der Waals surface area (Å²) in [6, 6.07) is 0. The summed E-state index contributed by atoms with van der Waals surface area (Å²) in [7, 11) is 1.56. The van der Waals surface area contributed by atoms with Gasteiger partial charge in [0, 0.05) is 14.0 Å². The molecule has 0 aromatic carbocycles. The molecule has 0 radical (unpaired) electrons. The fraction of sp³-hybridized carbons (Fsp3) is 0.889. The highest BCUT2D eigenvalue weighted by atomic mass is 16.5. The summed E-state index contributed by atoms with van der Waals surface area (Å²) < 4.78 is 9.11. The molecule has 80 valence electrons. The van der Waals surface area contributed by atoms with E-state index in [1.165, 1.54) is 6.92 Å². The van der Waals surface area contributed by atoms with E-state index in [0.29, 0.717) is 13.2 Å². The fourth-order valence-electron chi connectivity index (χ4n) is 0.487. The lowest BCUT2D eigenvalue weighted by molar-refractivity contribution is -0.140. The molecular weight excluding hydrogens is 172 g/mol. The maximum absolute atomic E-state index is 9.98. The van der Waals surface area contributed by atoms with Crippen LogP contribution in [0.4, 0.5) is 0 Å². The molecule has 0 rings (SSSR count). The van der Waals surface area contributed by atoms with E-state index < -0.39 is 0 Å². The normalized spacial score (nSPS) is 11.2. The molecule has 0 amide bonds. The molecule has 0 aliphatic rings. The van der Waals surface area contributed by atoms with Crippen LogP contribution in [-0.4, -0.2) is 37.5 Å². The Morgan fingerprint density at radius 1 is 1.54 bits per heavy atom. The fourth-order valence-corrected chi connectivity index (χ4v) is 0.487. The quantitative estimate of drug-likeness (QED) is 0.674. The van der Waals surface area contributed by atoms with Crippen molar-refractivity contribution in [2.45, 2.75) is 33.3 Å². The number of rotatable bonds is 4. The molecule has 4 heteroatoms. The van der Waals surface area contributed by atoms with Crippen LogP contribution in [0.15, 0.2) is 0 Å². The van der Waals surface area contributed by atoms with Gasteiger partial charge in [0.2, 0.25) is 0 Å². The van der Waals surface area contributed by atoms with Gasteiger partial charge < -0.3 is 14.6 Å². The van der Waals surface area contributed by atoms with E-state index in [4.69, 9.17) is 5.11 Å². The number of aliphatic hydroxyl groups is 1. The van der Waals surface area contributed by atoms with Gasteiger partial charge in [-0.3, -0.25) is 4.79 Å². The molecule has 4 nitrogen and oxygen atoms in total. The highest BCUT2D eigenvalue weighted by molar-refractivity contribution is 5.65.